The largest absolute Gasteiger partial charge is 0.495 e. The molecule has 0 aliphatic carbocycles. The van der Waals surface area contributed by atoms with Crippen molar-refractivity contribution < 1.29 is 9.53 Å². The number of nitrogens with zero attached hydrogens (tertiary/aromatic N) is 2. The molecule has 7 heteroatoms. The monoisotopic (exact) mass is 382 g/mol. The Hall–Kier alpha value is -3.12. The summed E-state index contributed by atoms with van der Waals surface area (Å²) in [5, 5.41) is 6.45. The maximum Gasteiger partial charge on any atom is 0.274 e. The topological polar surface area (TPSA) is 76.1 Å². The quantitative estimate of drug-likeness (QED) is 0.653. The van der Waals surface area contributed by atoms with Crippen molar-refractivity contribution in [3.05, 3.63) is 77.2 Å². The summed E-state index contributed by atoms with van der Waals surface area (Å²) in [4.78, 5) is 20.7. The van der Waals surface area contributed by atoms with Crippen molar-refractivity contribution in [3.8, 4) is 5.75 Å². The number of amides is 1. The van der Waals surface area contributed by atoms with E-state index in [1.54, 1.807) is 24.3 Å². The molecule has 0 aliphatic heterocycles. The van der Waals surface area contributed by atoms with Gasteiger partial charge in [-0.05, 0) is 30.7 Å². The molecule has 1 amide bonds. The van der Waals surface area contributed by atoms with E-state index < -0.39 is 0 Å². The van der Waals surface area contributed by atoms with Crippen LogP contribution in [0.1, 0.15) is 29.0 Å². The number of hydrogen-bond acceptors (Lipinski definition) is 5. The summed E-state index contributed by atoms with van der Waals surface area (Å²) in [6.07, 6.45) is 1.36. The van der Waals surface area contributed by atoms with E-state index in [-0.39, 0.29) is 17.6 Å². The molecule has 2 aromatic carbocycles. The minimum atomic E-state index is -0.353. The Kier molecular flexibility index (Phi) is 5.88. The third-order valence-corrected chi connectivity index (χ3v) is 4.27. The molecule has 0 spiro atoms. The van der Waals surface area contributed by atoms with E-state index in [2.05, 4.69) is 20.6 Å². The second kappa shape index (κ2) is 8.51. The molecule has 1 unspecified atom stereocenters. The average Bonchev–Trinajstić information content (AvgIpc) is 2.69. The number of ether oxygens (including phenoxy) is 1. The first-order chi connectivity index (χ1) is 13.1. The lowest BCUT2D eigenvalue weighted by atomic mass is 10.1. The van der Waals surface area contributed by atoms with Gasteiger partial charge in [-0.1, -0.05) is 41.9 Å². The fourth-order valence-corrected chi connectivity index (χ4v) is 2.80. The van der Waals surface area contributed by atoms with E-state index >= 15 is 0 Å². The van der Waals surface area contributed by atoms with Gasteiger partial charge in [0.1, 0.15) is 23.6 Å². The zero-order valence-electron chi connectivity index (χ0n) is 14.9. The molecule has 2 N–H and O–H groups in total. The van der Waals surface area contributed by atoms with Gasteiger partial charge in [-0.2, -0.15) is 0 Å². The number of anilines is 2. The lowest BCUT2D eigenvalue weighted by Crippen LogP contribution is -2.15. The molecule has 138 valence electrons. The Bertz CT molecular complexity index is 934. The number of carbonyl (C=O) groups excluding carboxylic acids is 1. The predicted molar refractivity (Wildman–Crippen MR) is 106 cm³/mol. The van der Waals surface area contributed by atoms with Crippen LogP contribution >= 0.6 is 11.6 Å². The van der Waals surface area contributed by atoms with E-state index in [9.17, 15) is 4.79 Å². The first kappa shape index (κ1) is 18.7. The van der Waals surface area contributed by atoms with Crippen molar-refractivity contribution in [1.82, 2.24) is 9.97 Å². The molecule has 0 bridgehead atoms. The Morgan fingerprint density at radius 2 is 1.89 bits per heavy atom. The molecule has 0 radical (unpaired) electrons. The molecular weight excluding hydrogens is 364 g/mol. The maximum absolute atomic E-state index is 12.5. The van der Waals surface area contributed by atoms with Crippen LogP contribution in [0.4, 0.5) is 11.5 Å². The summed E-state index contributed by atoms with van der Waals surface area (Å²) in [7, 11) is 1.53. The molecule has 1 aromatic heterocycles. The number of methoxy groups -OCH3 is 1. The maximum atomic E-state index is 12.5. The normalized spacial score (nSPS) is 11.5. The molecule has 6 nitrogen and oxygen atoms in total. The first-order valence-corrected chi connectivity index (χ1v) is 8.73. The SMILES string of the molecule is COc1ccc(NC(=O)c2cc(NC(C)c3ccccc3)ncn2)cc1Cl. The van der Waals surface area contributed by atoms with E-state index in [1.807, 2.05) is 37.3 Å². The fourth-order valence-electron chi connectivity index (χ4n) is 2.55. The van der Waals surface area contributed by atoms with Crippen LogP contribution in [0.2, 0.25) is 5.02 Å². The van der Waals surface area contributed by atoms with Gasteiger partial charge < -0.3 is 15.4 Å². The highest BCUT2D eigenvalue weighted by Crippen LogP contribution is 2.27. The molecule has 3 aromatic rings. The van der Waals surface area contributed by atoms with E-state index in [4.69, 9.17) is 16.3 Å². The second-order valence-electron chi connectivity index (χ2n) is 5.87. The van der Waals surface area contributed by atoms with Gasteiger partial charge in [0.2, 0.25) is 0 Å². The van der Waals surface area contributed by atoms with Gasteiger partial charge in [0.05, 0.1) is 12.1 Å². The lowest BCUT2D eigenvalue weighted by molar-refractivity contribution is 0.102. The number of nitrogens with one attached hydrogen (secondary N) is 2. The van der Waals surface area contributed by atoms with Gasteiger partial charge in [0.15, 0.2) is 0 Å². The molecule has 0 aliphatic rings. The summed E-state index contributed by atoms with van der Waals surface area (Å²) in [6.45, 7) is 2.02. The highest BCUT2D eigenvalue weighted by atomic mass is 35.5. The third-order valence-electron chi connectivity index (χ3n) is 3.97. The van der Waals surface area contributed by atoms with Crippen LogP contribution in [-0.2, 0) is 0 Å². The van der Waals surface area contributed by atoms with E-state index in [0.29, 0.717) is 22.3 Å². The number of halogens is 1. The molecule has 1 atom stereocenters. The number of benzene rings is 2. The Morgan fingerprint density at radius 1 is 1.11 bits per heavy atom. The van der Waals surface area contributed by atoms with Crippen LogP contribution in [0.5, 0.6) is 5.75 Å². The molecule has 0 saturated heterocycles. The Morgan fingerprint density at radius 3 is 2.59 bits per heavy atom. The van der Waals surface area contributed by atoms with Gasteiger partial charge in [-0.15, -0.1) is 0 Å². The number of aromatic nitrogens is 2. The molecule has 0 saturated carbocycles. The Balaban J connectivity index is 1.71. The Labute approximate surface area is 162 Å². The number of hydrogen-bond donors (Lipinski definition) is 2. The zero-order chi connectivity index (χ0) is 19.2. The summed E-state index contributed by atoms with van der Waals surface area (Å²) in [5.41, 5.74) is 1.92. The van der Waals surface area contributed by atoms with Crippen molar-refractivity contribution in [3.63, 3.8) is 0 Å². The summed E-state index contributed by atoms with van der Waals surface area (Å²) < 4.78 is 5.11. The molecule has 0 fully saturated rings. The summed E-state index contributed by atoms with van der Waals surface area (Å²) in [6, 6.07) is 16.6. The molecule has 3 rings (SSSR count). The standard InChI is InChI=1S/C20H19ClN4O2/c1-13(14-6-4-3-5-7-14)24-19-11-17(22-12-23-19)20(26)25-15-8-9-18(27-2)16(21)10-15/h3-13H,1-2H3,(H,25,26)(H,22,23,24). The van der Waals surface area contributed by atoms with Crippen LogP contribution in [0.15, 0.2) is 60.9 Å². The first-order valence-electron chi connectivity index (χ1n) is 8.35. The van der Waals surface area contributed by atoms with Crippen molar-refractivity contribution in [2.45, 2.75) is 13.0 Å². The predicted octanol–water partition coefficient (Wildman–Crippen LogP) is 4.56. The van der Waals surface area contributed by atoms with Crippen molar-refractivity contribution in [1.29, 1.82) is 0 Å². The van der Waals surface area contributed by atoms with Crippen LogP contribution < -0.4 is 15.4 Å². The number of rotatable bonds is 6. The van der Waals surface area contributed by atoms with Gasteiger partial charge in [0.25, 0.3) is 5.91 Å². The van der Waals surface area contributed by atoms with Gasteiger partial charge in [-0.3, -0.25) is 4.79 Å². The molecule has 1 heterocycles. The van der Waals surface area contributed by atoms with Gasteiger partial charge >= 0.3 is 0 Å². The number of carbonyl (C=O) groups is 1. The smallest absolute Gasteiger partial charge is 0.274 e. The van der Waals surface area contributed by atoms with Crippen molar-refractivity contribution in [2.75, 3.05) is 17.7 Å². The zero-order valence-corrected chi connectivity index (χ0v) is 15.7. The van der Waals surface area contributed by atoms with Crippen molar-refractivity contribution in [2.24, 2.45) is 0 Å². The highest BCUT2D eigenvalue weighted by Gasteiger charge is 2.12. The van der Waals surface area contributed by atoms with Crippen LogP contribution in [-0.4, -0.2) is 23.0 Å². The minimum Gasteiger partial charge on any atom is -0.495 e. The fraction of sp³-hybridized carbons (Fsp3) is 0.150. The van der Waals surface area contributed by atoms with Crippen molar-refractivity contribution >= 4 is 29.0 Å². The average molecular weight is 383 g/mol. The van der Waals surface area contributed by atoms with Gasteiger partial charge in [-0.25, -0.2) is 9.97 Å². The van der Waals surface area contributed by atoms with Crippen LogP contribution in [0.3, 0.4) is 0 Å². The summed E-state index contributed by atoms with van der Waals surface area (Å²) in [5.74, 6) is 0.756. The molecule has 27 heavy (non-hydrogen) atoms. The van der Waals surface area contributed by atoms with Crippen LogP contribution in [0.25, 0.3) is 0 Å². The molecular formula is C20H19ClN4O2. The third kappa shape index (κ3) is 4.74. The van der Waals surface area contributed by atoms with E-state index in [1.165, 1.54) is 13.4 Å². The second-order valence-corrected chi connectivity index (χ2v) is 6.28. The summed E-state index contributed by atoms with van der Waals surface area (Å²) >= 11 is 6.09. The lowest BCUT2D eigenvalue weighted by Gasteiger charge is -2.15. The highest BCUT2D eigenvalue weighted by molar-refractivity contribution is 6.32. The van der Waals surface area contributed by atoms with Gasteiger partial charge in [0, 0.05) is 17.8 Å². The van der Waals surface area contributed by atoms with Crippen LogP contribution in [0, 0.1) is 0 Å². The minimum absolute atomic E-state index is 0.0393. The van der Waals surface area contributed by atoms with E-state index in [0.717, 1.165) is 5.56 Å².